The molecule has 0 unspecified atom stereocenters. The molecule has 0 saturated heterocycles. The smallest absolute Gasteiger partial charge is 0.232 e. The van der Waals surface area contributed by atoms with Crippen LogP contribution in [0, 0.1) is 0 Å². The van der Waals surface area contributed by atoms with E-state index >= 15 is 0 Å². The van der Waals surface area contributed by atoms with Crippen molar-refractivity contribution in [3.8, 4) is 0 Å². The summed E-state index contributed by atoms with van der Waals surface area (Å²) in [6, 6.07) is 0. The van der Waals surface area contributed by atoms with Crippen molar-refractivity contribution in [1.82, 2.24) is 10.1 Å². The molecule has 0 radical (unpaired) electrons. The van der Waals surface area contributed by atoms with Gasteiger partial charge in [0.1, 0.15) is 0 Å². The quantitative estimate of drug-likeness (QED) is 0.642. The highest BCUT2D eigenvalue weighted by Gasteiger charge is 2.31. The molecule has 1 aromatic rings. The molecule has 0 atom stereocenters. The number of aromatic nitrogens is 2. The van der Waals surface area contributed by atoms with Crippen molar-refractivity contribution in [2.75, 3.05) is 0 Å². The summed E-state index contributed by atoms with van der Waals surface area (Å²) in [7, 11) is 0. The van der Waals surface area contributed by atoms with Crippen molar-refractivity contribution in [2.24, 2.45) is 0 Å². The number of nitrogens with zero attached hydrogens (tertiary/aromatic N) is 2. The minimum atomic E-state index is -0.0137. The van der Waals surface area contributed by atoms with Gasteiger partial charge in [-0.1, -0.05) is 25.9 Å². The third-order valence-corrected chi connectivity index (χ3v) is 2.03. The van der Waals surface area contributed by atoms with Gasteiger partial charge in [-0.3, -0.25) is 0 Å². The molecule has 1 fully saturated rings. The summed E-state index contributed by atoms with van der Waals surface area (Å²) in [6.07, 6.45) is 2.45. The molecule has 0 amide bonds. The first kappa shape index (κ1) is 7.77. The van der Waals surface area contributed by atoms with Crippen molar-refractivity contribution in [3.05, 3.63) is 11.7 Å². The highest BCUT2D eigenvalue weighted by molar-refractivity contribution is 5.06. The summed E-state index contributed by atoms with van der Waals surface area (Å²) < 4.78 is 5.17. The fraction of sp³-hybridized carbons (Fsp3) is 0.778. The number of hydrogen-bond acceptors (Lipinski definition) is 3. The summed E-state index contributed by atoms with van der Waals surface area (Å²) >= 11 is 0. The van der Waals surface area contributed by atoms with Gasteiger partial charge in [-0.2, -0.15) is 4.98 Å². The molecular weight excluding hydrogens is 152 g/mol. The van der Waals surface area contributed by atoms with Crippen molar-refractivity contribution < 1.29 is 4.52 Å². The van der Waals surface area contributed by atoms with Gasteiger partial charge < -0.3 is 4.52 Å². The van der Waals surface area contributed by atoms with E-state index < -0.39 is 0 Å². The highest BCUT2D eigenvalue weighted by Crippen LogP contribution is 2.38. The van der Waals surface area contributed by atoms with Crippen LogP contribution in [0.4, 0.5) is 0 Å². The van der Waals surface area contributed by atoms with Crippen LogP contribution in [0.1, 0.15) is 51.2 Å². The summed E-state index contributed by atoms with van der Waals surface area (Å²) in [5.41, 5.74) is -0.0137. The van der Waals surface area contributed by atoms with Gasteiger partial charge in [0.05, 0.1) is 0 Å². The normalized spacial score (nSPS) is 18.2. The molecule has 0 aromatic carbocycles. The van der Waals surface area contributed by atoms with Crippen LogP contribution in [-0.4, -0.2) is 10.1 Å². The van der Waals surface area contributed by atoms with Crippen molar-refractivity contribution in [3.63, 3.8) is 0 Å². The van der Waals surface area contributed by atoms with Crippen LogP contribution in [0.3, 0.4) is 0 Å². The zero-order chi connectivity index (χ0) is 8.77. The van der Waals surface area contributed by atoms with Gasteiger partial charge in [0, 0.05) is 11.3 Å². The maximum absolute atomic E-state index is 5.17. The van der Waals surface area contributed by atoms with Gasteiger partial charge in [0.25, 0.3) is 0 Å². The molecule has 66 valence electrons. The summed E-state index contributed by atoms with van der Waals surface area (Å²) in [5, 5.41) is 3.96. The lowest BCUT2D eigenvalue weighted by Gasteiger charge is -2.10. The lowest BCUT2D eigenvalue weighted by molar-refractivity contribution is 0.318. The van der Waals surface area contributed by atoms with Crippen molar-refractivity contribution in [1.29, 1.82) is 0 Å². The maximum Gasteiger partial charge on any atom is 0.232 e. The van der Waals surface area contributed by atoms with Crippen molar-refractivity contribution >= 4 is 0 Å². The first-order chi connectivity index (χ1) is 5.57. The molecule has 0 aliphatic heterocycles. The summed E-state index contributed by atoms with van der Waals surface area (Å²) in [6.45, 7) is 6.24. The molecule has 1 aliphatic rings. The van der Waals surface area contributed by atoms with Crippen LogP contribution >= 0.6 is 0 Å². The molecule has 1 saturated carbocycles. The average Bonchev–Trinajstić information content (AvgIpc) is 2.66. The van der Waals surface area contributed by atoms with E-state index in [-0.39, 0.29) is 5.41 Å². The topological polar surface area (TPSA) is 38.9 Å². The molecule has 12 heavy (non-hydrogen) atoms. The van der Waals surface area contributed by atoms with Crippen LogP contribution in [0.2, 0.25) is 0 Å². The Labute approximate surface area is 72.2 Å². The standard InChI is InChI=1S/C9H14N2O/c1-9(2,3)8-10-7(11-12-8)6-4-5-6/h6H,4-5H2,1-3H3. The Hall–Kier alpha value is -0.860. The number of hydrogen-bond donors (Lipinski definition) is 0. The Morgan fingerprint density at radius 1 is 1.33 bits per heavy atom. The van der Waals surface area contributed by atoms with E-state index in [1.807, 2.05) is 0 Å². The SMILES string of the molecule is CC(C)(C)c1nc(C2CC2)no1. The zero-order valence-corrected chi connectivity index (χ0v) is 7.79. The second-order valence-corrected chi connectivity index (χ2v) is 4.48. The van der Waals surface area contributed by atoms with Crippen LogP contribution in [0.25, 0.3) is 0 Å². The van der Waals surface area contributed by atoms with Crippen LogP contribution in [0.5, 0.6) is 0 Å². The fourth-order valence-electron chi connectivity index (χ4n) is 1.05. The van der Waals surface area contributed by atoms with E-state index in [4.69, 9.17) is 4.52 Å². The first-order valence-corrected chi connectivity index (χ1v) is 4.41. The largest absolute Gasteiger partial charge is 0.339 e. The number of rotatable bonds is 1. The van der Waals surface area contributed by atoms with Gasteiger partial charge in [-0.25, -0.2) is 0 Å². The van der Waals surface area contributed by atoms with Crippen LogP contribution in [0.15, 0.2) is 4.52 Å². The third kappa shape index (κ3) is 1.36. The zero-order valence-electron chi connectivity index (χ0n) is 7.79. The summed E-state index contributed by atoms with van der Waals surface area (Å²) in [5.74, 6) is 2.24. The third-order valence-electron chi connectivity index (χ3n) is 2.03. The van der Waals surface area contributed by atoms with Crippen LogP contribution < -0.4 is 0 Å². The van der Waals surface area contributed by atoms with Gasteiger partial charge in [0.2, 0.25) is 5.89 Å². The lowest BCUT2D eigenvalue weighted by Crippen LogP contribution is -2.11. The predicted octanol–water partition coefficient (Wildman–Crippen LogP) is 2.24. The van der Waals surface area contributed by atoms with Gasteiger partial charge in [-0.05, 0) is 12.8 Å². The van der Waals surface area contributed by atoms with E-state index in [1.54, 1.807) is 0 Å². The van der Waals surface area contributed by atoms with Gasteiger partial charge in [0.15, 0.2) is 5.82 Å². The van der Waals surface area contributed by atoms with E-state index in [2.05, 4.69) is 30.9 Å². The predicted molar refractivity (Wildman–Crippen MR) is 45.0 cm³/mol. The molecular formula is C9H14N2O. The summed E-state index contributed by atoms with van der Waals surface area (Å²) in [4.78, 5) is 4.37. The Bertz CT molecular complexity index is 281. The van der Waals surface area contributed by atoms with E-state index in [0.717, 1.165) is 11.7 Å². The Balaban J connectivity index is 2.23. The second kappa shape index (κ2) is 2.31. The minimum Gasteiger partial charge on any atom is -0.339 e. The Kier molecular flexibility index (Phi) is 1.50. The van der Waals surface area contributed by atoms with Crippen molar-refractivity contribution in [2.45, 2.75) is 44.9 Å². The Morgan fingerprint density at radius 3 is 2.42 bits per heavy atom. The maximum atomic E-state index is 5.17. The average molecular weight is 166 g/mol. The van der Waals surface area contributed by atoms with Gasteiger partial charge in [-0.15, -0.1) is 0 Å². The van der Waals surface area contributed by atoms with Crippen LogP contribution in [-0.2, 0) is 5.41 Å². The molecule has 1 aromatic heterocycles. The molecule has 2 rings (SSSR count). The van der Waals surface area contributed by atoms with E-state index in [1.165, 1.54) is 12.8 Å². The molecule has 3 nitrogen and oxygen atoms in total. The molecule has 1 heterocycles. The molecule has 0 N–H and O–H groups in total. The van der Waals surface area contributed by atoms with E-state index in [9.17, 15) is 0 Å². The van der Waals surface area contributed by atoms with E-state index in [0.29, 0.717) is 5.92 Å². The highest BCUT2D eigenvalue weighted by atomic mass is 16.5. The second-order valence-electron chi connectivity index (χ2n) is 4.48. The lowest BCUT2D eigenvalue weighted by atomic mass is 9.97. The molecule has 0 bridgehead atoms. The monoisotopic (exact) mass is 166 g/mol. The van der Waals surface area contributed by atoms with Gasteiger partial charge >= 0.3 is 0 Å². The molecule has 0 spiro atoms. The fourth-order valence-corrected chi connectivity index (χ4v) is 1.05. The molecule has 1 aliphatic carbocycles. The first-order valence-electron chi connectivity index (χ1n) is 4.41. The molecule has 3 heteroatoms. The minimum absolute atomic E-state index is 0.0137. The Morgan fingerprint density at radius 2 is 2.00 bits per heavy atom.